The number of hydrogen-bond donors (Lipinski definition) is 3. The van der Waals surface area contributed by atoms with Crippen LogP contribution in [0, 0.1) is 5.92 Å². The number of carboxylic acid groups (broad SMARTS) is 1. The maximum atomic E-state index is 10.9. The molecule has 17 heavy (non-hydrogen) atoms. The number of hydrogen-bond acceptors (Lipinski definition) is 4. The van der Waals surface area contributed by atoms with Gasteiger partial charge < -0.3 is 16.2 Å². The third-order valence-corrected chi connectivity index (χ3v) is 3.40. The van der Waals surface area contributed by atoms with Gasteiger partial charge in [-0.05, 0) is 24.8 Å². The Morgan fingerprint density at radius 3 is 2.94 bits per heavy atom. The molecule has 0 amide bonds. The normalized spacial score (nSPS) is 23.6. The lowest BCUT2D eigenvalue weighted by Gasteiger charge is -2.19. The van der Waals surface area contributed by atoms with Gasteiger partial charge in [-0.25, -0.2) is 9.78 Å². The van der Waals surface area contributed by atoms with Gasteiger partial charge in [-0.15, -0.1) is 0 Å². The lowest BCUT2D eigenvalue weighted by atomic mass is 10.1. The van der Waals surface area contributed by atoms with Crippen molar-refractivity contribution in [1.82, 2.24) is 4.98 Å². The molecule has 0 radical (unpaired) electrons. The number of carboxylic acids is 1. The van der Waals surface area contributed by atoms with Crippen LogP contribution in [0.15, 0.2) is 12.3 Å². The molecule has 2 rings (SSSR count). The fourth-order valence-electron chi connectivity index (χ4n) is 2.31. The van der Waals surface area contributed by atoms with Crippen molar-refractivity contribution < 1.29 is 9.90 Å². The summed E-state index contributed by atoms with van der Waals surface area (Å²) in [5.74, 6) is 0.0424. The van der Waals surface area contributed by atoms with Gasteiger partial charge >= 0.3 is 5.97 Å². The Balaban J connectivity index is 2.21. The van der Waals surface area contributed by atoms with Crippen molar-refractivity contribution in [2.45, 2.75) is 32.2 Å². The topological polar surface area (TPSA) is 88.2 Å². The maximum Gasteiger partial charge on any atom is 0.337 e. The molecule has 4 N–H and O–H groups in total. The van der Waals surface area contributed by atoms with Crippen LogP contribution in [0.3, 0.4) is 0 Å². The molecule has 92 valence electrons. The third-order valence-electron chi connectivity index (χ3n) is 3.40. The number of carbonyl (C=O) groups is 1. The monoisotopic (exact) mass is 235 g/mol. The first-order valence-corrected chi connectivity index (χ1v) is 5.84. The van der Waals surface area contributed by atoms with Crippen LogP contribution in [0.1, 0.15) is 36.5 Å². The standard InChI is InChI=1S/C12H17N3O2/c1-7-3-2-4-9(7)15-11-10(13)8(12(16)17)5-6-14-11/h5-7,9H,2-4,13H2,1H3,(H,14,15)(H,16,17). The van der Waals surface area contributed by atoms with E-state index in [9.17, 15) is 4.79 Å². The van der Waals surface area contributed by atoms with Gasteiger partial charge in [-0.2, -0.15) is 0 Å². The molecule has 2 unspecified atom stereocenters. The van der Waals surface area contributed by atoms with Crippen LogP contribution in [0.4, 0.5) is 11.5 Å². The third kappa shape index (κ3) is 2.33. The molecular formula is C12H17N3O2. The highest BCUT2D eigenvalue weighted by atomic mass is 16.4. The van der Waals surface area contributed by atoms with Gasteiger partial charge in [0.1, 0.15) is 5.82 Å². The van der Waals surface area contributed by atoms with Crippen LogP contribution in [0.25, 0.3) is 0 Å². The van der Waals surface area contributed by atoms with Gasteiger partial charge in [0.25, 0.3) is 0 Å². The summed E-state index contributed by atoms with van der Waals surface area (Å²) >= 11 is 0. The number of pyridine rings is 1. The van der Waals surface area contributed by atoms with Gasteiger partial charge in [0.2, 0.25) is 0 Å². The summed E-state index contributed by atoms with van der Waals surface area (Å²) in [5.41, 5.74) is 6.13. The molecule has 1 aliphatic rings. The molecule has 2 atom stereocenters. The summed E-state index contributed by atoms with van der Waals surface area (Å²) in [4.78, 5) is 15.1. The fraction of sp³-hybridized carbons (Fsp3) is 0.500. The summed E-state index contributed by atoms with van der Waals surface area (Å²) in [6.45, 7) is 2.18. The van der Waals surface area contributed by atoms with E-state index in [0.29, 0.717) is 17.8 Å². The maximum absolute atomic E-state index is 10.9. The minimum Gasteiger partial charge on any atom is -0.478 e. The number of rotatable bonds is 3. The Hall–Kier alpha value is -1.78. The smallest absolute Gasteiger partial charge is 0.337 e. The van der Waals surface area contributed by atoms with E-state index in [1.54, 1.807) is 0 Å². The second-order valence-corrected chi connectivity index (χ2v) is 4.58. The van der Waals surface area contributed by atoms with Gasteiger partial charge in [0, 0.05) is 12.2 Å². The molecule has 0 aliphatic heterocycles. The predicted octanol–water partition coefficient (Wildman–Crippen LogP) is 1.96. The zero-order chi connectivity index (χ0) is 12.4. The second-order valence-electron chi connectivity index (χ2n) is 4.58. The number of aromatic carboxylic acids is 1. The molecule has 5 nitrogen and oxygen atoms in total. The quantitative estimate of drug-likeness (QED) is 0.745. The minimum absolute atomic E-state index is 0.105. The lowest BCUT2D eigenvalue weighted by Crippen LogP contribution is -2.23. The summed E-state index contributed by atoms with van der Waals surface area (Å²) < 4.78 is 0. The van der Waals surface area contributed by atoms with Crippen LogP contribution in [-0.2, 0) is 0 Å². The molecule has 0 bridgehead atoms. The van der Waals surface area contributed by atoms with Crippen molar-refractivity contribution in [3.63, 3.8) is 0 Å². The van der Waals surface area contributed by atoms with Gasteiger partial charge in [0.15, 0.2) is 0 Å². The molecule has 1 aromatic heterocycles. The second kappa shape index (κ2) is 4.61. The molecule has 5 heteroatoms. The zero-order valence-electron chi connectivity index (χ0n) is 9.81. The molecule has 1 fully saturated rings. The molecule has 1 aliphatic carbocycles. The van der Waals surface area contributed by atoms with Gasteiger partial charge in [0.05, 0.1) is 11.3 Å². The average molecular weight is 235 g/mol. The Labute approximate surface area is 100 Å². The Morgan fingerprint density at radius 1 is 1.59 bits per heavy atom. The van der Waals surface area contributed by atoms with Crippen LogP contribution in [-0.4, -0.2) is 22.1 Å². The first-order chi connectivity index (χ1) is 8.09. The Morgan fingerprint density at radius 2 is 2.35 bits per heavy atom. The van der Waals surface area contributed by atoms with E-state index in [1.807, 2.05) is 0 Å². The number of aromatic nitrogens is 1. The summed E-state index contributed by atoms with van der Waals surface area (Å²) in [6.07, 6.45) is 4.94. The van der Waals surface area contributed by atoms with Crippen molar-refractivity contribution in [2.75, 3.05) is 11.1 Å². The number of nitrogens with zero attached hydrogens (tertiary/aromatic N) is 1. The largest absolute Gasteiger partial charge is 0.478 e. The summed E-state index contributed by atoms with van der Waals surface area (Å²) in [7, 11) is 0. The molecule has 1 saturated carbocycles. The van der Waals surface area contributed by atoms with E-state index in [-0.39, 0.29) is 11.3 Å². The molecule has 1 aromatic rings. The van der Waals surface area contributed by atoms with Crippen LogP contribution >= 0.6 is 0 Å². The molecule has 0 spiro atoms. The van der Waals surface area contributed by atoms with E-state index in [4.69, 9.17) is 10.8 Å². The van der Waals surface area contributed by atoms with E-state index in [2.05, 4.69) is 17.2 Å². The highest BCUT2D eigenvalue weighted by molar-refractivity contribution is 5.96. The molecule has 0 saturated heterocycles. The van der Waals surface area contributed by atoms with Crippen molar-refractivity contribution >= 4 is 17.5 Å². The number of nitrogens with one attached hydrogen (secondary N) is 1. The van der Waals surface area contributed by atoms with Gasteiger partial charge in [-0.1, -0.05) is 13.3 Å². The number of nitrogens with two attached hydrogens (primary N) is 1. The van der Waals surface area contributed by atoms with Gasteiger partial charge in [-0.3, -0.25) is 0 Å². The first-order valence-electron chi connectivity index (χ1n) is 5.84. The Kier molecular flexibility index (Phi) is 3.17. The van der Waals surface area contributed by atoms with Crippen molar-refractivity contribution in [2.24, 2.45) is 5.92 Å². The Bertz CT molecular complexity index is 434. The highest BCUT2D eigenvalue weighted by Crippen LogP contribution is 2.29. The highest BCUT2D eigenvalue weighted by Gasteiger charge is 2.24. The summed E-state index contributed by atoms with van der Waals surface area (Å²) in [5, 5.41) is 12.2. The minimum atomic E-state index is -1.02. The molecule has 0 aromatic carbocycles. The fourth-order valence-corrected chi connectivity index (χ4v) is 2.31. The average Bonchev–Trinajstić information content (AvgIpc) is 2.67. The lowest BCUT2D eigenvalue weighted by molar-refractivity contribution is 0.0698. The zero-order valence-corrected chi connectivity index (χ0v) is 9.81. The summed E-state index contributed by atoms with van der Waals surface area (Å²) in [6, 6.07) is 1.76. The van der Waals surface area contributed by atoms with E-state index in [0.717, 1.165) is 6.42 Å². The van der Waals surface area contributed by atoms with E-state index in [1.165, 1.54) is 25.1 Å². The van der Waals surface area contributed by atoms with Crippen molar-refractivity contribution in [1.29, 1.82) is 0 Å². The van der Waals surface area contributed by atoms with E-state index < -0.39 is 5.97 Å². The molecule has 1 heterocycles. The van der Waals surface area contributed by atoms with Crippen LogP contribution < -0.4 is 11.1 Å². The van der Waals surface area contributed by atoms with Crippen molar-refractivity contribution in [3.8, 4) is 0 Å². The number of nitrogen functional groups attached to an aromatic ring is 1. The predicted molar refractivity (Wildman–Crippen MR) is 66.0 cm³/mol. The SMILES string of the molecule is CC1CCCC1Nc1nccc(C(=O)O)c1N. The van der Waals surface area contributed by atoms with E-state index >= 15 is 0 Å². The van der Waals surface area contributed by atoms with Crippen LogP contribution in [0.2, 0.25) is 0 Å². The van der Waals surface area contributed by atoms with Crippen molar-refractivity contribution in [3.05, 3.63) is 17.8 Å². The van der Waals surface area contributed by atoms with Crippen LogP contribution in [0.5, 0.6) is 0 Å². The number of anilines is 2. The first kappa shape index (κ1) is 11.7. The molecular weight excluding hydrogens is 218 g/mol.